The lowest BCUT2D eigenvalue weighted by atomic mass is 9.67. The molecule has 1 aromatic rings. The molecule has 1 saturated carbocycles. The van der Waals surface area contributed by atoms with E-state index >= 15 is 0 Å². The van der Waals surface area contributed by atoms with Gasteiger partial charge in [0.25, 0.3) is 11.8 Å². The molecule has 2 aliphatic heterocycles. The molecule has 0 bridgehead atoms. The molecule has 0 spiro atoms. The summed E-state index contributed by atoms with van der Waals surface area (Å²) in [4.78, 5) is 50.9. The van der Waals surface area contributed by atoms with Gasteiger partial charge in [0.1, 0.15) is 0 Å². The van der Waals surface area contributed by atoms with Gasteiger partial charge in [-0.2, -0.15) is 0 Å². The summed E-state index contributed by atoms with van der Waals surface area (Å²) in [6, 6.07) is 6.99. The van der Waals surface area contributed by atoms with Crippen LogP contribution in [-0.2, 0) is 9.59 Å². The quantitative estimate of drug-likeness (QED) is 0.685. The highest BCUT2D eigenvalue weighted by Crippen LogP contribution is 2.38. The molecule has 1 aromatic carbocycles. The van der Waals surface area contributed by atoms with Gasteiger partial charge in [0, 0.05) is 31.0 Å². The fourth-order valence-electron chi connectivity index (χ4n) is 5.64. The molecular weight excluding hydrogens is 394 g/mol. The third-order valence-electron chi connectivity index (χ3n) is 7.35. The number of amides is 4. The standard InChI is InChI=1S/C24H31N3O4/c1-3-16-14(2)17-11-10-15(13-20(17)26-22(16)29)25-21(28)9-6-12-27-23(30)18-7-4-5-8-19(18)24(27)31/h4-5,7-8,14-17,20H,3,6,9-13H2,1-2H3,(H,25,28)(H,26,29). The van der Waals surface area contributed by atoms with E-state index in [0.717, 1.165) is 25.7 Å². The van der Waals surface area contributed by atoms with E-state index in [1.165, 1.54) is 4.90 Å². The summed E-state index contributed by atoms with van der Waals surface area (Å²) in [5.74, 6) is 0.448. The Hall–Kier alpha value is -2.70. The normalized spacial score (nSPS) is 29.9. The Balaban J connectivity index is 1.24. The van der Waals surface area contributed by atoms with Gasteiger partial charge in [-0.1, -0.05) is 26.0 Å². The average molecular weight is 426 g/mol. The minimum absolute atomic E-state index is 0.0544. The van der Waals surface area contributed by atoms with Gasteiger partial charge in [0.05, 0.1) is 11.1 Å². The van der Waals surface area contributed by atoms with E-state index in [1.54, 1.807) is 24.3 Å². The van der Waals surface area contributed by atoms with Crippen molar-refractivity contribution in [2.24, 2.45) is 17.8 Å². The number of rotatable bonds is 6. The van der Waals surface area contributed by atoms with Gasteiger partial charge in [-0.15, -0.1) is 0 Å². The van der Waals surface area contributed by atoms with Gasteiger partial charge in [0.2, 0.25) is 11.8 Å². The number of nitrogens with one attached hydrogen (secondary N) is 2. The van der Waals surface area contributed by atoms with Crippen molar-refractivity contribution in [2.45, 2.75) is 64.5 Å². The van der Waals surface area contributed by atoms with Crippen LogP contribution in [0, 0.1) is 17.8 Å². The number of imide groups is 1. The first-order valence-corrected chi connectivity index (χ1v) is 11.5. The van der Waals surface area contributed by atoms with Gasteiger partial charge in [-0.05, 0) is 56.1 Å². The van der Waals surface area contributed by atoms with Crippen molar-refractivity contribution in [1.82, 2.24) is 15.5 Å². The van der Waals surface area contributed by atoms with E-state index in [9.17, 15) is 19.2 Å². The second-order valence-corrected chi connectivity index (χ2v) is 9.14. The SMILES string of the molecule is CCC1C(=O)NC2CC(NC(=O)CCCN3C(=O)c4ccccc4C3=O)CCC2C1C. The van der Waals surface area contributed by atoms with E-state index in [-0.39, 0.29) is 54.6 Å². The molecule has 0 radical (unpaired) electrons. The van der Waals surface area contributed by atoms with Gasteiger partial charge < -0.3 is 10.6 Å². The Kier molecular flexibility index (Phi) is 6.12. The zero-order valence-electron chi connectivity index (χ0n) is 18.2. The molecule has 7 heteroatoms. The summed E-state index contributed by atoms with van der Waals surface area (Å²) in [7, 11) is 0. The molecule has 31 heavy (non-hydrogen) atoms. The monoisotopic (exact) mass is 425 g/mol. The van der Waals surface area contributed by atoms with Crippen LogP contribution in [0.3, 0.4) is 0 Å². The largest absolute Gasteiger partial charge is 0.353 e. The first-order valence-electron chi connectivity index (χ1n) is 11.5. The van der Waals surface area contributed by atoms with Crippen molar-refractivity contribution >= 4 is 23.6 Å². The molecule has 7 nitrogen and oxygen atoms in total. The third-order valence-corrected chi connectivity index (χ3v) is 7.35. The molecule has 2 N–H and O–H groups in total. The van der Waals surface area contributed by atoms with E-state index < -0.39 is 0 Å². The fourth-order valence-corrected chi connectivity index (χ4v) is 5.64. The summed E-state index contributed by atoms with van der Waals surface area (Å²) < 4.78 is 0. The van der Waals surface area contributed by atoms with Crippen molar-refractivity contribution in [3.8, 4) is 0 Å². The van der Waals surface area contributed by atoms with E-state index in [4.69, 9.17) is 0 Å². The van der Waals surface area contributed by atoms with E-state index in [2.05, 4.69) is 24.5 Å². The molecule has 2 fully saturated rings. The average Bonchev–Trinajstić information content (AvgIpc) is 2.99. The molecule has 1 aliphatic carbocycles. The predicted molar refractivity (Wildman–Crippen MR) is 115 cm³/mol. The lowest BCUT2D eigenvalue weighted by Gasteiger charge is -2.46. The number of piperidine rings is 1. The zero-order valence-corrected chi connectivity index (χ0v) is 18.2. The minimum atomic E-state index is -0.285. The number of hydrogen-bond acceptors (Lipinski definition) is 4. The molecule has 1 saturated heterocycles. The number of hydrogen-bond donors (Lipinski definition) is 2. The van der Waals surface area contributed by atoms with Crippen molar-refractivity contribution in [2.75, 3.05) is 6.54 Å². The van der Waals surface area contributed by atoms with Crippen LogP contribution in [0.2, 0.25) is 0 Å². The highest BCUT2D eigenvalue weighted by molar-refractivity contribution is 6.21. The molecule has 5 unspecified atom stereocenters. The molecule has 166 valence electrons. The van der Waals surface area contributed by atoms with E-state index in [0.29, 0.717) is 29.4 Å². The second kappa shape index (κ2) is 8.81. The van der Waals surface area contributed by atoms with Crippen molar-refractivity contribution < 1.29 is 19.2 Å². The predicted octanol–water partition coefficient (Wildman–Crippen LogP) is 2.51. The van der Waals surface area contributed by atoms with Crippen LogP contribution < -0.4 is 10.6 Å². The van der Waals surface area contributed by atoms with E-state index in [1.807, 2.05) is 0 Å². The maximum Gasteiger partial charge on any atom is 0.261 e. The molecular formula is C24H31N3O4. The molecule has 0 aromatic heterocycles. The molecule has 4 rings (SSSR count). The first-order chi connectivity index (χ1) is 14.9. The van der Waals surface area contributed by atoms with Crippen molar-refractivity contribution in [3.05, 3.63) is 35.4 Å². The van der Waals surface area contributed by atoms with Crippen LogP contribution >= 0.6 is 0 Å². The van der Waals surface area contributed by atoms with Crippen LogP contribution in [0.4, 0.5) is 0 Å². The zero-order chi connectivity index (χ0) is 22.1. The highest BCUT2D eigenvalue weighted by Gasteiger charge is 2.43. The van der Waals surface area contributed by atoms with Crippen LogP contribution in [-0.4, -0.2) is 47.2 Å². The van der Waals surface area contributed by atoms with Gasteiger partial charge in [-0.3, -0.25) is 24.1 Å². The molecule has 3 aliphatic rings. The molecule has 4 amide bonds. The Morgan fingerprint density at radius 2 is 1.81 bits per heavy atom. The lowest BCUT2D eigenvalue weighted by molar-refractivity contribution is -0.133. The second-order valence-electron chi connectivity index (χ2n) is 9.14. The maximum absolute atomic E-state index is 12.5. The van der Waals surface area contributed by atoms with Gasteiger partial charge in [-0.25, -0.2) is 0 Å². The highest BCUT2D eigenvalue weighted by atomic mass is 16.2. The van der Waals surface area contributed by atoms with Crippen LogP contribution in [0.5, 0.6) is 0 Å². The molecule has 5 atom stereocenters. The summed E-state index contributed by atoms with van der Waals surface area (Å²) in [6.45, 7) is 4.48. The van der Waals surface area contributed by atoms with Crippen molar-refractivity contribution in [3.63, 3.8) is 0 Å². The number of nitrogens with zero attached hydrogens (tertiary/aromatic N) is 1. The smallest absolute Gasteiger partial charge is 0.261 e. The maximum atomic E-state index is 12.5. The Labute approximate surface area is 182 Å². The lowest BCUT2D eigenvalue weighted by Crippen LogP contribution is -2.58. The van der Waals surface area contributed by atoms with Crippen LogP contribution in [0.15, 0.2) is 24.3 Å². The number of benzene rings is 1. The Morgan fingerprint density at radius 3 is 2.45 bits per heavy atom. The minimum Gasteiger partial charge on any atom is -0.353 e. The number of carbonyl (C=O) groups is 4. The van der Waals surface area contributed by atoms with Gasteiger partial charge >= 0.3 is 0 Å². The first kappa shape index (κ1) is 21.5. The topological polar surface area (TPSA) is 95.6 Å². The Bertz CT molecular complexity index is 864. The van der Waals surface area contributed by atoms with Crippen molar-refractivity contribution in [1.29, 1.82) is 0 Å². The third kappa shape index (κ3) is 4.10. The fraction of sp³-hybridized carbons (Fsp3) is 0.583. The number of carbonyl (C=O) groups excluding carboxylic acids is 4. The van der Waals surface area contributed by atoms with Gasteiger partial charge in [0.15, 0.2) is 0 Å². The number of fused-ring (bicyclic) bond motifs is 2. The Morgan fingerprint density at radius 1 is 1.13 bits per heavy atom. The summed E-state index contributed by atoms with van der Waals surface area (Å²) in [5.41, 5.74) is 0.866. The summed E-state index contributed by atoms with van der Waals surface area (Å²) in [5, 5.41) is 6.27. The molecule has 2 heterocycles. The summed E-state index contributed by atoms with van der Waals surface area (Å²) in [6.07, 6.45) is 4.25. The van der Waals surface area contributed by atoms with Crippen LogP contribution in [0.1, 0.15) is 73.1 Å². The van der Waals surface area contributed by atoms with Crippen LogP contribution in [0.25, 0.3) is 0 Å². The summed E-state index contributed by atoms with van der Waals surface area (Å²) >= 11 is 0.